The summed E-state index contributed by atoms with van der Waals surface area (Å²) in [6.45, 7) is -0.0269. The second-order valence-corrected chi connectivity index (χ2v) is 7.28. The normalized spacial score (nSPS) is 10.6. The van der Waals surface area contributed by atoms with Gasteiger partial charge in [0.05, 0.1) is 17.9 Å². The molecule has 4 aromatic rings. The number of carbonyl (C=O) groups is 2. The molecule has 0 radical (unpaired) electrons. The van der Waals surface area contributed by atoms with Crippen LogP contribution in [0.4, 0.5) is 14.5 Å². The van der Waals surface area contributed by atoms with E-state index in [9.17, 15) is 28.6 Å². The van der Waals surface area contributed by atoms with E-state index in [0.717, 1.165) is 18.2 Å². The van der Waals surface area contributed by atoms with Gasteiger partial charge in [0, 0.05) is 43.4 Å². The van der Waals surface area contributed by atoms with Crippen LogP contribution in [0.25, 0.3) is 11.5 Å². The van der Waals surface area contributed by atoms with Gasteiger partial charge < -0.3 is 29.4 Å². The number of anilines is 1. The van der Waals surface area contributed by atoms with Crippen molar-refractivity contribution in [1.29, 1.82) is 0 Å². The van der Waals surface area contributed by atoms with Gasteiger partial charge in [0.1, 0.15) is 23.1 Å². The maximum atomic E-state index is 13.4. The maximum absolute atomic E-state index is 13.4. The molecule has 0 bridgehead atoms. The molecule has 0 unspecified atom stereocenters. The number of carbonyl (C=O) groups excluding carboxylic acids is 2. The van der Waals surface area contributed by atoms with Crippen LogP contribution in [0.5, 0.6) is 5.75 Å². The molecule has 174 valence electrons. The fraction of sp³-hybridized carbons (Fsp3) is 0.136. The number of aromatic carboxylic acids is 1. The number of aryl methyl sites for hydroxylation is 1. The number of nitrogens with one attached hydrogen (secondary N) is 1. The van der Waals surface area contributed by atoms with Gasteiger partial charge in [0.2, 0.25) is 17.6 Å². The zero-order valence-electron chi connectivity index (χ0n) is 18.4. The van der Waals surface area contributed by atoms with Crippen molar-refractivity contribution in [3.63, 3.8) is 0 Å². The first-order chi connectivity index (χ1) is 16.3. The molecule has 3 heterocycles. The van der Waals surface area contributed by atoms with Crippen LogP contribution in [0.2, 0.25) is 0 Å². The van der Waals surface area contributed by atoms with Crippen LogP contribution in [0, 0.1) is 11.6 Å². The first-order valence-electron chi connectivity index (χ1n) is 9.91. The summed E-state index contributed by atoms with van der Waals surface area (Å²) in [6.07, 6.45) is 3.72. The largest absolute Gasteiger partial charge is 1.00 e. The van der Waals surface area contributed by atoms with Gasteiger partial charge in [-0.15, -0.1) is 0 Å². The Balaban J connectivity index is 0.00000342. The van der Waals surface area contributed by atoms with E-state index in [-0.39, 0.29) is 105 Å². The molecular weight excluding hydrogens is 491 g/mol. The van der Waals surface area contributed by atoms with Crippen LogP contribution in [0.15, 0.2) is 53.4 Å². The quantitative estimate of drug-likeness (QED) is 0.286. The van der Waals surface area contributed by atoms with Crippen LogP contribution >= 0.6 is 0 Å². The van der Waals surface area contributed by atoms with Crippen molar-refractivity contribution >= 4 is 17.6 Å². The minimum absolute atomic E-state index is 0. The van der Waals surface area contributed by atoms with E-state index in [1.807, 2.05) is 0 Å². The van der Waals surface area contributed by atoms with Crippen LogP contribution in [0.1, 0.15) is 28.2 Å². The summed E-state index contributed by atoms with van der Waals surface area (Å²) >= 11 is 0. The van der Waals surface area contributed by atoms with E-state index in [0.29, 0.717) is 5.69 Å². The smallest absolute Gasteiger partial charge is 0.545 e. The van der Waals surface area contributed by atoms with Gasteiger partial charge in [-0.3, -0.25) is 4.79 Å². The topological polar surface area (TPSA) is 146 Å². The summed E-state index contributed by atoms with van der Waals surface area (Å²) in [5.41, 5.74) is 0.325. The van der Waals surface area contributed by atoms with E-state index < -0.39 is 23.5 Å². The molecule has 0 aliphatic rings. The molecule has 3 aromatic heterocycles. The minimum Gasteiger partial charge on any atom is -0.545 e. The van der Waals surface area contributed by atoms with Gasteiger partial charge in [0.25, 0.3) is 0 Å². The number of aromatic hydroxyl groups is 1. The molecule has 0 saturated carbocycles. The molecule has 0 aliphatic heterocycles. The number of hydrogen-bond acceptors (Lipinski definition) is 8. The molecule has 0 saturated heterocycles. The average molecular weight is 507 g/mol. The SMILES string of the molecule is O=C(CCc1nc(-c2ccc(O)cn2)no1)Nc1cn(Cc2cc(F)cc(F)c2)cc1C(=O)[O-].[K+]. The predicted octanol–water partition coefficient (Wildman–Crippen LogP) is -1.10. The molecule has 0 aliphatic carbocycles. The van der Waals surface area contributed by atoms with Crippen molar-refractivity contribution in [3.05, 3.63) is 77.6 Å². The van der Waals surface area contributed by atoms with Gasteiger partial charge in [-0.2, -0.15) is 4.98 Å². The third-order valence-electron chi connectivity index (χ3n) is 4.67. The zero-order valence-corrected chi connectivity index (χ0v) is 21.5. The number of halogens is 2. The molecule has 13 heteroatoms. The minimum atomic E-state index is -1.53. The van der Waals surface area contributed by atoms with E-state index in [1.54, 1.807) is 0 Å². The Bertz CT molecular complexity index is 1340. The zero-order chi connectivity index (χ0) is 24.2. The number of pyridine rings is 1. The Morgan fingerprint density at radius 2 is 1.89 bits per heavy atom. The van der Waals surface area contributed by atoms with Gasteiger partial charge in [-0.05, 0) is 29.8 Å². The fourth-order valence-corrected chi connectivity index (χ4v) is 3.19. The van der Waals surface area contributed by atoms with Crippen molar-refractivity contribution in [2.75, 3.05) is 5.32 Å². The van der Waals surface area contributed by atoms with E-state index in [1.165, 1.54) is 35.3 Å². The van der Waals surface area contributed by atoms with Crippen molar-refractivity contribution in [2.24, 2.45) is 0 Å². The molecule has 1 aromatic carbocycles. The van der Waals surface area contributed by atoms with Crippen LogP contribution in [-0.4, -0.2) is 36.7 Å². The average Bonchev–Trinajstić information content (AvgIpc) is 3.39. The van der Waals surface area contributed by atoms with E-state index >= 15 is 0 Å². The van der Waals surface area contributed by atoms with Crippen molar-refractivity contribution in [3.8, 4) is 17.3 Å². The third-order valence-corrected chi connectivity index (χ3v) is 4.67. The number of benzene rings is 1. The van der Waals surface area contributed by atoms with Crippen LogP contribution in [-0.2, 0) is 17.8 Å². The van der Waals surface area contributed by atoms with Crippen LogP contribution in [0.3, 0.4) is 0 Å². The maximum Gasteiger partial charge on any atom is 1.00 e. The molecule has 10 nitrogen and oxygen atoms in total. The molecular formula is C22H16F2KN5O5. The standard InChI is InChI=1S/C22H17F2N5O5.K/c23-13-5-12(6-14(24)7-13)9-29-10-16(22(32)33)18(11-29)26-19(31)3-4-20-27-21(28-34-20)17-2-1-15(30)8-25-17;/h1-2,5-8,10-11,30H,3-4,9H2,(H,26,31)(H,32,33);/q;+1/p-1. The molecule has 2 N–H and O–H groups in total. The fourth-order valence-electron chi connectivity index (χ4n) is 3.19. The van der Waals surface area contributed by atoms with Crippen molar-refractivity contribution < 1.29 is 84.5 Å². The number of nitrogens with zero attached hydrogens (tertiary/aromatic N) is 4. The van der Waals surface area contributed by atoms with Gasteiger partial charge in [-0.1, -0.05) is 5.16 Å². The summed E-state index contributed by atoms with van der Waals surface area (Å²) < 4.78 is 33.3. The molecule has 35 heavy (non-hydrogen) atoms. The van der Waals surface area contributed by atoms with Crippen molar-refractivity contribution in [1.82, 2.24) is 19.7 Å². The monoisotopic (exact) mass is 507 g/mol. The Morgan fingerprint density at radius 1 is 1.14 bits per heavy atom. The summed E-state index contributed by atoms with van der Waals surface area (Å²) in [4.78, 5) is 31.9. The number of aromatic nitrogens is 4. The van der Waals surface area contributed by atoms with Crippen molar-refractivity contribution in [2.45, 2.75) is 19.4 Å². The predicted molar refractivity (Wildman–Crippen MR) is 110 cm³/mol. The summed E-state index contributed by atoms with van der Waals surface area (Å²) in [6, 6.07) is 5.88. The molecule has 0 fully saturated rings. The first kappa shape index (κ1) is 26.6. The first-order valence-corrected chi connectivity index (χ1v) is 9.91. The number of carboxylic acids is 1. The molecule has 0 spiro atoms. The molecule has 4 rings (SSSR count). The Hall–Kier alpha value is -2.97. The number of amides is 1. The molecule has 0 atom stereocenters. The van der Waals surface area contributed by atoms with Crippen LogP contribution < -0.4 is 61.8 Å². The number of carboxylic acid groups (broad SMARTS) is 1. The third kappa shape index (κ3) is 7.02. The van der Waals surface area contributed by atoms with Gasteiger partial charge in [0.15, 0.2) is 0 Å². The van der Waals surface area contributed by atoms with Gasteiger partial charge >= 0.3 is 51.4 Å². The number of hydrogen-bond donors (Lipinski definition) is 2. The van der Waals surface area contributed by atoms with E-state index in [2.05, 4.69) is 20.4 Å². The Labute approximate surface area is 239 Å². The van der Waals surface area contributed by atoms with Gasteiger partial charge in [-0.25, -0.2) is 13.8 Å². The Kier molecular flexibility index (Phi) is 8.85. The molecule has 1 amide bonds. The van der Waals surface area contributed by atoms with E-state index in [4.69, 9.17) is 4.52 Å². The second-order valence-electron chi connectivity index (χ2n) is 7.28. The Morgan fingerprint density at radius 3 is 2.54 bits per heavy atom. The summed E-state index contributed by atoms with van der Waals surface area (Å²) in [5, 5.41) is 27.0. The second kappa shape index (κ2) is 11.6. The summed E-state index contributed by atoms with van der Waals surface area (Å²) in [7, 11) is 0. The summed E-state index contributed by atoms with van der Waals surface area (Å²) in [5.74, 6) is -3.26. The number of rotatable bonds is 8.